The average molecular weight is 345 g/mol. The Kier molecular flexibility index (Phi) is 4.68. The fourth-order valence-electron chi connectivity index (χ4n) is 1.96. The summed E-state index contributed by atoms with van der Waals surface area (Å²) in [5, 5.41) is 9.35. The van der Waals surface area contributed by atoms with E-state index in [1.807, 2.05) is 0 Å². The van der Waals surface area contributed by atoms with Crippen LogP contribution in [0.1, 0.15) is 5.56 Å². The highest BCUT2D eigenvalue weighted by molar-refractivity contribution is 6.45. The van der Waals surface area contributed by atoms with E-state index < -0.39 is 30.4 Å². The first-order valence-corrected chi connectivity index (χ1v) is 6.90. The van der Waals surface area contributed by atoms with Crippen molar-refractivity contribution in [1.82, 2.24) is 9.80 Å². The summed E-state index contributed by atoms with van der Waals surface area (Å²) in [6.45, 7) is -0.899. The van der Waals surface area contributed by atoms with Crippen molar-refractivity contribution in [3.8, 4) is 0 Å². The van der Waals surface area contributed by atoms with E-state index in [-0.39, 0.29) is 13.0 Å². The normalized spacial score (nSPS) is 14.9. The topological polar surface area (TPSA) is 95.0 Å². The van der Waals surface area contributed by atoms with Crippen molar-refractivity contribution in [2.45, 2.75) is 6.42 Å². The van der Waals surface area contributed by atoms with Gasteiger partial charge in [-0.2, -0.15) is 0 Å². The van der Waals surface area contributed by atoms with E-state index in [0.717, 1.165) is 5.56 Å². The summed E-state index contributed by atoms with van der Waals surface area (Å²) in [5.74, 6) is -3.55. The monoisotopic (exact) mass is 344 g/mol. The highest BCUT2D eigenvalue weighted by atomic mass is 35.5. The summed E-state index contributed by atoms with van der Waals surface area (Å²) in [7, 11) is 0. The van der Waals surface area contributed by atoms with Gasteiger partial charge in [-0.15, -0.1) is 0 Å². The number of carboxylic acid groups (broad SMARTS) is 1. The van der Waals surface area contributed by atoms with Gasteiger partial charge >= 0.3 is 23.8 Å². The SMILES string of the molecule is O=C(O)CN1C(=O)C(=O)N(CCc2ccc(Cl)c(Cl)c2)C1=O. The number of carbonyl (C=O) groups is 4. The molecule has 1 aromatic rings. The zero-order chi connectivity index (χ0) is 16.4. The zero-order valence-electron chi connectivity index (χ0n) is 11.1. The standard InChI is InChI=1S/C13H10Cl2N2O5/c14-8-2-1-7(5-9(8)15)3-4-16-11(20)12(21)17(13(16)22)6-10(18)19/h1-2,5H,3-4,6H2,(H,18,19). The van der Waals surface area contributed by atoms with Crippen molar-refractivity contribution in [1.29, 1.82) is 0 Å². The number of carboxylic acids is 1. The number of hydrogen-bond acceptors (Lipinski definition) is 4. The molecule has 0 atom stereocenters. The van der Waals surface area contributed by atoms with Crippen molar-refractivity contribution >= 4 is 47.0 Å². The van der Waals surface area contributed by atoms with Gasteiger partial charge in [0.1, 0.15) is 6.54 Å². The summed E-state index contributed by atoms with van der Waals surface area (Å²) in [6, 6.07) is 3.91. The molecule has 0 spiro atoms. The van der Waals surface area contributed by atoms with Gasteiger partial charge in [0.05, 0.1) is 10.0 Å². The highest BCUT2D eigenvalue weighted by Crippen LogP contribution is 2.23. The van der Waals surface area contributed by atoms with Gasteiger partial charge in [-0.05, 0) is 24.1 Å². The molecule has 0 bridgehead atoms. The Bertz CT molecular complexity index is 676. The van der Waals surface area contributed by atoms with Crippen molar-refractivity contribution in [3.63, 3.8) is 0 Å². The second-order valence-corrected chi connectivity index (χ2v) is 5.34. The third kappa shape index (κ3) is 3.20. The number of imide groups is 2. The molecule has 0 saturated carbocycles. The molecular formula is C13H10Cl2N2O5. The van der Waals surface area contributed by atoms with Crippen molar-refractivity contribution in [2.75, 3.05) is 13.1 Å². The van der Waals surface area contributed by atoms with Crippen LogP contribution in [0.25, 0.3) is 0 Å². The number of benzene rings is 1. The van der Waals surface area contributed by atoms with Crippen LogP contribution in [0.3, 0.4) is 0 Å². The Labute approximate surface area is 135 Å². The van der Waals surface area contributed by atoms with Gasteiger partial charge in [0, 0.05) is 6.54 Å². The van der Waals surface area contributed by atoms with Gasteiger partial charge < -0.3 is 5.11 Å². The molecule has 0 aromatic heterocycles. The van der Waals surface area contributed by atoms with Gasteiger partial charge in [0.25, 0.3) is 0 Å². The molecule has 1 aliphatic heterocycles. The Hall–Kier alpha value is -2.12. The summed E-state index contributed by atoms with van der Waals surface area (Å²) < 4.78 is 0. The Morgan fingerprint density at radius 3 is 2.27 bits per heavy atom. The van der Waals surface area contributed by atoms with Crippen LogP contribution in [0.15, 0.2) is 18.2 Å². The molecule has 7 nitrogen and oxygen atoms in total. The van der Waals surface area contributed by atoms with E-state index in [2.05, 4.69) is 0 Å². The van der Waals surface area contributed by atoms with Gasteiger partial charge in [0.2, 0.25) is 0 Å². The molecule has 4 amide bonds. The van der Waals surface area contributed by atoms with Crippen molar-refractivity contribution < 1.29 is 24.3 Å². The van der Waals surface area contributed by atoms with E-state index >= 15 is 0 Å². The quantitative estimate of drug-likeness (QED) is 0.643. The van der Waals surface area contributed by atoms with Crippen molar-refractivity contribution in [3.05, 3.63) is 33.8 Å². The Balaban J connectivity index is 2.07. The van der Waals surface area contributed by atoms with E-state index in [1.165, 1.54) is 0 Å². The van der Waals surface area contributed by atoms with Crippen LogP contribution >= 0.6 is 23.2 Å². The van der Waals surface area contributed by atoms with E-state index in [0.29, 0.717) is 19.8 Å². The molecule has 0 radical (unpaired) electrons. The molecule has 0 aliphatic carbocycles. The predicted octanol–water partition coefficient (Wildman–Crippen LogP) is 1.41. The zero-order valence-corrected chi connectivity index (χ0v) is 12.6. The maximum absolute atomic E-state index is 11.9. The lowest BCUT2D eigenvalue weighted by molar-refractivity contribution is -0.146. The number of carbonyl (C=O) groups excluding carboxylic acids is 3. The molecule has 22 heavy (non-hydrogen) atoms. The molecule has 2 rings (SSSR count). The van der Waals surface area contributed by atoms with Gasteiger partial charge in [-0.1, -0.05) is 29.3 Å². The van der Waals surface area contributed by atoms with Crippen LogP contribution in [0.4, 0.5) is 4.79 Å². The maximum atomic E-state index is 11.9. The second-order valence-electron chi connectivity index (χ2n) is 4.52. The molecule has 1 fully saturated rings. The number of amides is 4. The third-order valence-electron chi connectivity index (χ3n) is 3.04. The fourth-order valence-corrected chi connectivity index (χ4v) is 2.28. The number of hydrogen-bond donors (Lipinski definition) is 1. The number of halogens is 2. The van der Waals surface area contributed by atoms with Gasteiger partial charge in [0.15, 0.2) is 0 Å². The van der Waals surface area contributed by atoms with E-state index in [4.69, 9.17) is 28.3 Å². The first kappa shape index (κ1) is 16.3. The smallest absolute Gasteiger partial charge is 0.334 e. The highest BCUT2D eigenvalue weighted by Gasteiger charge is 2.44. The number of urea groups is 1. The molecule has 1 saturated heterocycles. The summed E-state index contributed by atoms with van der Waals surface area (Å²) in [5.41, 5.74) is 0.721. The van der Waals surface area contributed by atoms with Gasteiger partial charge in [-0.3, -0.25) is 19.3 Å². The van der Waals surface area contributed by atoms with Gasteiger partial charge in [-0.25, -0.2) is 9.69 Å². The largest absolute Gasteiger partial charge is 0.480 e. The minimum absolute atomic E-state index is 0.0580. The summed E-state index contributed by atoms with van der Waals surface area (Å²) >= 11 is 11.6. The lowest BCUT2D eigenvalue weighted by Gasteiger charge is -2.14. The third-order valence-corrected chi connectivity index (χ3v) is 3.78. The number of aliphatic carboxylic acids is 1. The minimum atomic E-state index is -1.37. The molecule has 1 N–H and O–H groups in total. The molecule has 116 valence electrons. The Morgan fingerprint density at radius 2 is 1.68 bits per heavy atom. The Morgan fingerprint density at radius 1 is 1.05 bits per heavy atom. The molecule has 1 aromatic carbocycles. The second kappa shape index (κ2) is 6.33. The fraction of sp³-hybridized carbons (Fsp3) is 0.231. The molecular weight excluding hydrogens is 335 g/mol. The lowest BCUT2D eigenvalue weighted by Crippen LogP contribution is -2.37. The molecule has 9 heteroatoms. The molecule has 1 heterocycles. The summed E-state index contributed by atoms with van der Waals surface area (Å²) in [6.07, 6.45) is 0.266. The lowest BCUT2D eigenvalue weighted by atomic mass is 10.1. The number of rotatable bonds is 5. The molecule has 0 unspecified atom stereocenters. The predicted molar refractivity (Wildman–Crippen MR) is 76.6 cm³/mol. The summed E-state index contributed by atoms with van der Waals surface area (Å²) in [4.78, 5) is 46.9. The van der Waals surface area contributed by atoms with Crippen LogP contribution in [-0.4, -0.2) is 51.8 Å². The maximum Gasteiger partial charge on any atom is 0.334 e. The van der Waals surface area contributed by atoms with Crippen molar-refractivity contribution in [2.24, 2.45) is 0 Å². The minimum Gasteiger partial charge on any atom is -0.480 e. The van der Waals surface area contributed by atoms with E-state index in [9.17, 15) is 19.2 Å². The van der Waals surface area contributed by atoms with E-state index in [1.54, 1.807) is 18.2 Å². The van der Waals surface area contributed by atoms with Crippen LogP contribution in [0.2, 0.25) is 10.0 Å². The number of nitrogens with zero attached hydrogens (tertiary/aromatic N) is 2. The first-order chi connectivity index (χ1) is 10.3. The van der Waals surface area contributed by atoms with Crippen LogP contribution < -0.4 is 0 Å². The molecule has 1 aliphatic rings. The van der Waals surface area contributed by atoms with Crippen LogP contribution in [-0.2, 0) is 20.8 Å². The average Bonchev–Trinajstić information content (AvgIpc) is 2.64. The van der Waals surface area contributed by atoms with Crippen LogP contribution in [0.5, 0.6) is 0 Å². The van der Waals surface area contributed by atoms with Crippen LogP contribution in [0, 0.1) is 0 Å². The first-order valence-electron chi connectivity index (χ1n) is 6.14.